The zero-order valence-electron chi connectivity index (χ0n) is 18.4. The average Bonchev–Trinajstić information content (AvgIpc) is 2.90. The molecule has 34 heavy (non-hydrogen) atoms. The first kappa shape index (κ1) is 22.4. The normalized spacial score (nSPS) is 16.4. The SMILES string of the molecule is Clc1ncnc2cc(N3CCOCC3)ncc12.O=c1[nH]cnc2cc(N3CCOCC3)ncc12. The van der Waals surface area contributed by atoms with E-state index in [-0.39, 0.29) is 5.56 Å². The lowest BCUT2D eigenvalue weighted by atomic mass is 10.3. The molecular weight excluding hydrogens is 460 g/mol. The smallest absolute Gasteiger partial charge is 0.260 e. The van der Waals surface area contributed by atoms with Crippen LogP contribution in [0.5, 0.6) is 0 Å². The third-order valence-corrected chi connectivity index (χ3v) is 5.94. The van der Waals surface area contributed by atoms with Crippen LogP contribution >= 0.6 is 11.6 Å². The van der Waals surface area contributed by atoms with Crippen molar-refractivity contribution < 1.29 is 9.47 Å². The highest BCUT2D eigenvalue weighted by Gasteiger charge is 2.14. The fraction of sp³-hybridized carbons (Fsp3) is 0.364. The average molecular weight is 483 g/mol. The Kier molecular flexibility index (Phi) is 6.74. The number of hydrogen-bond donors (Lipinski definition) is 1. The molecule has 1 N–H and O–H groups in total. The van der Waals surface area contributed by atoms with Crippen molar-refractivity contribution in [2.24, 2.45) is 0 Å². The van der Waals surface area contributed by atoms with Gasteiger partial charge >= 0.3 is 0 Å². The van der Waals surface area contributed by atoms with Gasteiger partial charge < -0.3 is 24.3 Å². The minimum Gasteiger partial charge on any atom is -0.378 e. The molecule has 2 fully saturated rings. The van der Waals surface area contributed by atoms with Crippen molar-refractivity contribution in [2.75, 3.05) is 62.4 Å². The molecule has 11 nitrogen and oxygen atoms in total. The number of aromatic amines is 1. The maximum atomic E-state index is 11.5. The standard InChI is InChI=1S/C11H11ClN4O.C11H12N4O2/c12-11-8-6-13-10(5-9(8)14-7-15-11)16-1-3-17-4-2-16;16-11-8-6-12-10(5-9(8)13-7-14-11)15-1-3-17-4-2-15/h5-7H,1-4H2;5-7H,1-4H2,(H,13,14,16). The minimum atomic E-state index is -0.156. The molecule has 4 aromatic heterocycles. The van der Waals surface area contributed by atoms with Gasteiger partial charge in [0.25, 0.3) is 5.56 Å². The van der Waals surface area contributed by atoms with Crippen molar-refractivity contribution in [1.29, 1.82) is 0 Å². The number of nitrogens with one attached hydrogen (secondary N) is 1. The van der Waals surface area contributed by atoms with Gasteiger partial charge in [0.15, 0.2) is 0 Å². The Labute approximate surface area is 199 Å². The van der Waals surface area contributed by atoms with Crippen molar-refractivity contribution in [2.45, 2.75) is 0 Å². The van der Waals surface area contributed by atoms with E-state index in [1.807, 2.05) is 12.1 Å². The van der Waals surface area contributed by atoms with Gasteiger partial charge in [0, 0.05) is 50.7 Å². The molecule has 0 saturated carbocycles. The third-order valence-electron chi connectivity index (χ3n) is 5.64. The van der Waals surface area contributed by atoms with Gasteiger partial charge in [-0.25, -0.2) is 24.9 Å². The van der Waals surface area contributed by atoms with Gasteiger partial charge in [-0.2, -0.15) is 0 Å². The van der Waals surface area contributed by atoms with Gasteiger partial charge in [0.05, 0.1) is 54.6 Å². The maximum Gasteiger partial charge on any atom is 0.260 e. The van der Waals surface area contributed by atoms with Gasteiger partial charge in [-0.3, -0.25) is 4.79 Å². The summed E-state index contributed by atoms with van der Waals surface area (Å²) in [7, 11) is 0. The summed E-state index contributed by atoms with van der Waals surface area (Å²) in [4.78, 5) is 39.3. The number of H-pyrrole nitrogens is 1. The van der Waals surface area contributed by atoms with Crippen LogP contribution in [0.1, 0.15) is 0 Å². The summed E-state index contributed by atoms with van der Waals surface area (Å²) in [6.45, 7) is 6.26. The molecule has 6 rings (SSSR count). The highest BCUT2D eigenvalue weighted by atomic mass is 35.5. The molecule has 0 unspecified atom stereocenters. The number of fused-ring (bicyclic) bond motifs is 2. The quantitative estimate of drug-likeness (QED) is 0.422. The van der Waals surface area contributed by atoms with Gasteiger partial charge in [-0.05, 0) is 0 Å². The monoisotopic (exact) mass is 482 g/mol. The molecule has 0 radical (unpaired) electrons. The molecule has 2 saturated heterocycles. The largest absolute Gasteiger partial charge is 0.378 e. The van der Waals surface area contributed by atoms with Crippen molar-refractivity contribution in [3.63, 3.8) is 0 Å². The second-order valence-corrected chi connectivity index (χ2v) is 8.07. The van der Waals surface area contributed by atoms with E-state index in [2.05, 4.69) is 39.7 Å². The van der Waals surface area contributed by atoms with E-state index in [4.69, 9.17) is 21.1 Å². The second-order valence-electron chi connectivity index (χ2n) is 7.71. The molecule has 4 aromatic rings. The molecule has 2 aliphatic heterocycles. The summed E-state index contributed by atoms with van der Waals surface area (Å²) >= 11 is 5.97. The number of aromatic nitrogens is 6. The minimum absolute atomic E-state index is 0.156. The maximum absolute atomic E-state index is 11.5. The number of halogens is 1. The highest BCUT2D eigenvalue weighted by molar-refractivity contribution is 6.33. The predicted molar refractivity (Wildman–Crippen MR) is 129 cm³/mol. The lowest BCUT2D eigenvalue weighted by Gasteiger charge is -2.27. The molecule has 0 bridgehead atoms. The Bertz CT molecular complexity index is 1340. The Morgan fingerprint density at radius 3 is 1.94 bits per heavy atom. The number of hydrogen-bond acceptors (Lipinski definition) is 10. The van der Waals surface area contributed by atoms with Crippen LogP contribution in [-0.4, -0.2) is 82.5 Å². The predicted octanol–water partition coefficient (Wildman–Crippen LogP) is 1.67. The van der Waals surface area contributed by atoms with Gasteiger partial charge in [-0.1, -0.05) is 11.6 Å². The lowest BCUT2D eigenvalue weighted by molar-refractivity contribution is 0.122. The van der Waals surface area contributed by atoms with Crippen LogP contribution in [0.25, 0.3) is 21.8 Å². The van der Waals surface area contributed by atoms with Crippen LogP contribution in [0.2, 0.25) is 5.15 Å². The highest BCUT2D eigenvalue weighted by Crippen LogP contribution is 2.22. The summed E-state index contributed by atoms with van der Waals surface area (Å²) in [5.74, 6) is 1.76. The number of pyridine rings is 2. The summed E-state index contributed by atoms with van der Waals surface area (Å²) in [5, 5.41) is 1.74. The van der Waals surface area contributed by atoms with Crippen LogP contribution in [0.15, 0.2) is 42.0 Å². The van der Waals surface area contributed by atoms with E-state index in [9.17, 15) is 4.79 Å². The summed E-state index contributed by atoms with van der Waals surface area (Å²) in [6.07, 6.45) is 6.18. The van der Waals surface area contributed by atoms with Gasteiger partial charge in [-0.15, -0.1) is 0 Å². The van der Waals surface area contributed by atoms with Crippen LogP contribution in [0.3, 0.4) is 0 Å². The Morgan fingerprint density at radius 1 is 0.765 bits per heavy atom. The summed E-state index contributed by atoms with van der Waals surface area (Å²) in [6, 6.07) is 3.78. The van der Waals surface area contributed by atoms with Gasteiger partial charge in [0.2, 0.25) is 0 Å². The topological polar surface area (TPSA) is 122 Å². The first-order valence-corrected chi connectivity index (χ1v) is 11.3. The van der Waals surface area contributed by atoms with E-state index >= 15 is 0 Å². The van der Waals surface area contributed by atoms with E-state index in [1.54, 1.807) is 12.4 Å². The van der Waals surface area contributed by atoms with Crippen LogP contribution in [-0.2, 0) is 9.47 Å². The number of anilines is 2. The van der Waals surface area contributed by atoms with Gasteiger partial charge in [0.1, 0.15) is 23.1 Å². The molecule has 0 aromatic carbocycles. The molecule has 0 amide bonds. The Balaban J connectivity index is 0.000000142. The molecule has 0 spiro atoms. The zero-order chi connectivity index (χ0) is 23.3. The van der Waals surface area contributed by atoms with E-state index in [0.717, 1.165) is 61.9 Å². The number of morpholine rings is 2. The fourth-order valence-corrected chi connectivity index (χ4v) is 3.99. The first-order chi connectivity index (χ1) is 16.7. The first-order valence-electron chi connectivity index (χ1n) is 10.9. The molecule has 6 heterocycles. The van der Waals surface area contributed by atoms with Crippen molar-refractivity contribution in [1.82, 2.24) is 29.9 Å². The van der Waals surface area contributed by atoms with Crippen LogP contribution in [0.4, 0.5) is 11.6 Å². The van der Waals surface area contributed by atoms with E-state index in [1.165, 1.54) is 12.7 Å². The number of rotatable bonds is 2. The Hall–Kier alpha value is -3.41. The second kappa shape index (κ2) is 10.2. The molecule has 12 heteroatoms. The molecule has 176 valence electrons. The fourth-order valence-electron chi connectivity index (χ4n) is 3.80. The third kappa shape index (κ3) is 4.91. The van der Waals surface area contributed by atoms with E-state index in [0.29, 0.717) is 29.3 Å². The van der Waals surface area contributed by atoms with Crippen LogP contribution < -0.4 is 15.4 Å². The zero-order valence-corrected chi connectivity index (χ0v) is 19.1. The molecule has 2 aliphatic rings. The van der Waals surface area contributed by atoms with Crippen molar-refractivity contribution in [3.8, 4) is 0 Å². The summed E-state index contributed by atoms with van der Waals surface area (Å²) < 4.78 is 10.6. The molecule has 0 atom stereocenters. The molecular formula is C22H23ClN8O3. The number of nitrogens with zero attached hydrogens (tertiary/aromatic N) is 7. The summed E-state index contributed by atoms with van der Waals surface area (Å²) in [5.41, 5.74) is 1.34. The van der Waals surface area contributed by atoms with E-state index < -0.39 is 0 Å². The van der Waals surface area contributed by atoms with Crippen LogP contribution in [0, 0.1) is 0 Å². The lowest BCUT2D eigenvalue weighted by Crippen LogP contribution is -2.36. The number of ether oxygens (including phenoxy) is 2. The molecule has 0 aliphatic carbocycles. The van der Waals surface area contributed by atoms with Crippen molar-refractivity contribution in [3.05, 3.63) is 52.7 Å². The van der Waals surface area contributed by atoms with Crippen molar-refractivity contribution >= 4 is 45.0 Å². The Morgan fingerprint density at radius 2 is 1.32 bits per heavy atom.